The van der Waals surface area contributed by atoms with Crippen molar-refractivity contribution in [3.63, 3.8) is 0 Å². The van der Waals surface area contributed by atoms with E-state index in [1.807, 2.05) is 0 Å². The monoisotopic (exact) mass is 264 g/mol. The lowest BCUT2D eigenvalue weighted by molar-refractivity contribution is 0.476. The van der Waals surface area contributed by atoms with Crippen LogP contribution in [0, 0.1) is 23.7 Å². The molecule has 98 valence electrons. The molecule has 2 aromatic carbocycles. The molecule has 0 radical (unpaired) electrons. The van der Waals surface area contributed by atoms with Crippen LogP contribution in [0.15, 0.2) is 36.4 Å². The Hall–Kier alpha value is -3.24. The first-order valence-corrected chi connectivity index (χ1v) is 5.76. The van der Waals surface area contributed by atoms with E-state index >= 15 is 0 Å². The van der Waals surface area contributed by atoms with Crippen LogP contribution in [0.4, 0.5) is 11.4 Å². The Morgan fingerprint density at radius 2 is 1.60 bits per heavy atom. The minimum atomic E-state index is -0.0491. The molecule has 2 aromatic rings. The summed E-state index contributed by atoms with van der Waals surface area (Å²) in [6, 6.07) is 9.64. The van der Waals surface area contributed by atoms with E-state index in [0.717, 1.165) is 0 Å². The average molecular weight is 264 g/mol. The van der Waals surface area contributed by atoms with Gasteiger partial charge in [-0.2, -0.15) is 0 Å². The molecule has 0 spiro atoms. The minimum Gasteiger partial charge on any atom is -0.506 e. The van der Waals surface area contributed by atoms with Crippen LogP contribution in [0.1, 0.15) is 11.1 Å². The quantitative estimate of drug-likeness (QED) is 0.331. The zero-order valence-corrected chi connectivity index (χ0v) is 10.5. The van der Waals surface area contributed by atoms with Crippen molar-refractivity contribution in [3.8, 4) is 35.2 Å². The molecule has 0 aliphatic heterocycles. The predicted molar refractivity (Wildman–Crippen MR) is 78.8 cm³/mol. The fraction of sp³-hybridized carbons (Fsp3) is 0. The summed E-state index contributed by atoms with van der Waals surface area (Å²) in [5, 5.41) is 19.1. The van der Waals surface area contributed by atoms with E-state index in [0.29, 0.717) is 16.8 Å². The van der Waals surface area contributed by atoms with E-state index in [9.17, 15) is 10.2 Å². The molecule has 0 heterocycles. The van der Waals surface area contributed by atoms with Crippen molar-refractivity contribution in [1.82, 2.24) is 0 Å². The smallest absolute Gasteiger partial charge is 0.154 e. The number of nitrogens with two attached hydrogens (primary N) is 2. The van der Waals surface area contributed by atoms with Gasteiger partial charge in [-0.1, -0.05) is 12.0 Å². The third kappa shape index (κ3) is 2.95. The van der Waals surface area contributed by atoms with Crippen LogP contribution >= 0.6 is 0 Å². The number of para-hydroxylation sites is 1. The summed E-state index contributed by atoms with van der Waals surface area (Å²) in [5.41, 5.74) is 12.6. The minimum absolute atomic E-state index is 0.0155. The molecule has 0 fully saturated rings. The van der Waals surface area contributed by atoms with Crippen LogP contribution in [-0.4, -0.2) is 10.2 Å². The summed E-state index contributed by atoms with van der Waals surface area (Å²) in [4.78, 5) is 0. The number of rotatable bonds is 0. The Morgan fingerprint density at radius 1 is 0.850 bits per heavy atom. The van der Waals surface area contributed by atoms with Gasteiger partial charge in [-0.05, 0) is 48.1 Å². The van der Waals surface area contributed by atoms with Gasteiger partial charge >= 0.3 is 0 Å². The van der Waals surface area contributed by atoms with Crippen LogP contribution in [0.5, 0.6) is 11.5 Å². The Kier molecular flexibility index (Phi) is 3.70. The van der Waals surface area contributed by atoms with Crippen LogP contribution in [0.2, 0.25) is 0 Å². The Balaban J connectivity index is 2.21. The van der Waals surface area contributed by atoms with Crippen LogP contribution in [0.3, 0.4) is 0 Å². The third-order valence-corrected chi connectivity index (χ3v) is 2.56. The average Bonchev–Trinajstić information content (AvgIpc) is 2.43. The summed E-state index contributed by atoms with van der Waals surface area (Å²) in [6.07, 6.45) is 0. The Labute approximate surface area is 116 Å². The van der Waals surface area contributed by atoms with Gasteiger partial charge in [0.15, 0.2) is 5.75 Å². The number of nitrogen functional groups attached to an aromatic ring is 2. The molecule has 0 aromatic heterocycles. The van der Waals surface area contributed by atoms with Gasteiger partial charge in [0.05, 0.1) is 16.9 Å². The highest BCUT2D eigenvalue weighted by molar-refractivity contribution is 5.62. The second kappa shape index (κ2) is 5.60. The van der Waals surface area contributed by atoms with E-state index < -0.39 is 0 Å². The summed E-state index contributed by atoms with van der Waals surface area (Å²) < 4.78 is 0. The molecule has 0 atom stereocenters. The van der Waals surface area contributed by atoms with Gasteiger partial charge in [-0.3, -0.25) is 0 Å². The highest BCUT2D eigenvalue weighted by Gasteiger charge is 1.99. The molecule has 4 heteroatoms. The molecule has 0 amide bonds. The number of phenols is 2. The fourth-order valence-corrected chi connectivity index (χ4v) is 1.49. The van der Waals surface area contributed by atoms with E-state index in [1.54, 1.807) is 30.3 Å². The first-order valence-electron chi connectivity index (χ1n) is 5.76. The topological polar surface area (TPSA) is 92.5 Å². The number of benzene rings is 2. The van der Waals surface area contributed by atoms with E-state index in [4.69, 9.17) is 11.5 Å². The van der Waals surface area contributed by atoms with Crippen molar-refractivity contribution in [2.75, 3.05) is 11.5 Å². The Morgan fingerprint density at radius 3 is 2.35 bits per heavy atom. The van der Waals surface area contributed by atoms with Crippen molar-refractivity contribution in [3.05, 3.63) is 47.5 Å². The number of aromatic hydroxyl groups is 2. The molecule has 2 rings (SSSR count). The van der Waals surface area contributed by atoms with Crippen LogP contribution in [-0.2, 0) is 0 Å². The molecule has 4 nitrogen and oxygen atoms in total. The van der Waals surface area contributed by atoms with Gasteiger partial charge in [-0.15, -0.1) is 0 Å². The molecular formula is C16H12N2O2. The zero-order chi connectivity index (χ0) is 14.5. The highest BCUT2D eigenvalue weighted by Crippen LogP contribution is 2.23. The van der Waals surface area contributed by atoms with Gasteiger partial charge in [0.1, 0.15) is 5.75 Å². The Bertz CT molecular complexity index is 775. The maximum Gasteiger partial charge on any atom is 0.154 e. The maximum absolute atomic E-state index is 9.66. The molecule has 0 saturated carbocycles. The maximum atomic E-state index is 9.66. The summed E-state index contributed by atoms with van der Waals surface area (Å²) >= 11 is 0. The zero-order valence-electron chi connectivity index (χ0n) is 10.5. The number of hydrogen-bond donors (Lipinski definition) is 4. The van der Waals surface area contributed by atoms with Crippen molar-refractivity contribution in [2.45, 2.75) is 0 Å². The molecule has 0 unspecified atom stereocenters. The molecular weight excluding hydrogens is 252 g/mol. The lowest BCUT2D eigenvalue weighted by Crippen LogP contribution is -1.87. The first-order chi connectivity index (χ1) is 9.58. The van der Waals surface area contributed by atoms with Gasteiger partial charge < -0.3 is 21.7 Å². The number of phenolic OH excluding ortho intramolecular Hbond substituents is 2. The third-order valence-electron chi connectivity index (χ3n) is 2.56. The normalized spacial score (nSPS) is 9.00. The van der Waals surface area contributed by atoms with Crippen molar-refractivity contribution >= 4 is 11.4 Å². The van der Waals surface area contributed by atoms with Gasteiger partial charge in [-0.25, -0.2) is 0 Å². The molecule has 0 saturated heterocycles. The second-order valence-corrected chi connectivity index (χ2v) is 4.02. The van der Waals surface area contributed by atoms with Crippen LogP contribution < -0.4 is 11.5 Å². The predicted octanol–water partition coefficient (Wildman–Crippen LogP) is 1.67. The largest absolute Gasteiger partial charge is 0.506 e. The molecule has 20 heavy (non-hydrogen) atoms. The van der Waals surface area contributed by atoms with Gasteiger partial charge in [0, 0.05) is 5.56 Å². The summed E-state index contributed by atoms with van der Waals surface area (Å²) in [7, 11) is 0. The summed E-state index contributed by atoms with van der Waals surface area (Å²) in [6.45, 7) is 0. The van der Waals surface area contributed by atoms with Crippen molar-refractivity contribution in [2.24, 2.45) is 0 Å². The number of anilines is 2. The van der Waals surface area contributed by atoms with Crippen LogP contribution in [0.25, 0.3) is 0 Å². The molecule has 6 N–H and O–H groups in total. The molecule has 0 aliphatic rings. The van der Waals surface area contributed by atoms with Gasteiger partial charge in [0.25, 0.3) is 0 Å². The standard InChI is InChI=1S/C16H12N2O2/c17-13-9-8-11(10-15(13)19)4-1-2-5-12-6-3-7-14(18)16(12)20/h3,6-10,19-20H,17-18H2. The van der Waals surface area contributed by atoms with E-state index in [-0.39, 0.29) is 17.2 Å². The number of hydrogen-bond acceptors (Lipinski definition) is 4. The van der Waals surface area contributed by atoms with E-state index in [1.165, 1.54) is 6.07 Å². The van der Waals surface area contributed by atoms with E-state index in [2.05, 4.69) is 23.7 Å². The SMILES string of the molecule is Nc1ccc(C#CC#Cc2cccc(N)c2O)cc1O. The highest BCUT2D eigenvalue weighted by atomic mass is 16.3. The first kappa shape index (κ1) is 13.2. The lowest BCUT2D eigenvalue weighted by atomic mass is 10.1. The molecule has 0 bridgehead atoms. The van der Waals surface area contributed by atoms with Gasteiger partial charge in [0.2, 0.25) is 0 Å². The molecule has 0 aliphatic carbocycles. The summed E-state index contributed by atoms with van der Waals surface area (Å²) in [5.74, 6) is 10.7. The fourth-order valence-electron chi connectivity index (χ4n) is 1.49. The van der Waals surface area contributed by atoms with Crippen molar-refractivity contribution < 1.29 is 10.2 Å². The van der Waals surface area contributed by atoms with Crippen molar-refractivity contribution in [1.29, 1.82) is 0 Å². The second-order valence-electron chi connectivity index (χ2n) is 4.02. The lowest BCUT2D eigenvalue weighted by Gasteiger charge is -1.98.